The van der Waals surface area contributed by atoms with Crippen LogP contribution in [0.1, 0.15) is 97.5 Å². The van der Waals surface area contributed by atoms with Crippen molar-refractivity contribution in [1.29, 1.82) is 0 Å². The molecule has 0 saturated carbocycles. The number of aliphatic hydroxyl groups excluding tert-OH is 1. The summed E-state index contributed by atoms with van der Waals surface area (Å²) in [5.74, 6) is -1.26. The standard InChI is InChI=1S/C33H43N5O6/c1-4-5-6-10-23(11-9-18-39)43-30(42)33-29(41)25-13-8-7-12-24(25)28(40)32(33,44-33)16-14-21(2)19-26(38-31(35)36-3)22-15-17-37-27(34)20-22/h7-8,12-15,17,20,23,26,39H,4-6,9-11,16,18-19H2,1-3H3,(H2,34,37)(H3,35,36,38). The maximum atomic E-state index is 14.0. The number of nitrogens with zero attached hydrogens (tertiary/aromatic N) is 2. The number of benzene rings is 1. The second kappa shape index (κ2) is 14.1. The van der Waals surface area contributed by atoms with Crippen LogP contribution in [0.5, 0.6) is 0 Å². The predicted octanol–water partition coefficient (Wildman–Crippen LogP) is 3.82. The molecule has 236 valence electrons. The number of nitrogens with two attached hydrogens (primary N) is 2. The number of ether oxygens (including phenoxy) is 2. The number of carbonyl (C=O) groups excluding carboxylic acids is 3. The van der Waals surface area contributed by atoms with Gasteiger partial charge in [0.25, 0.3) is 5.60 Å². The van der Waals surface area contributed by atoms with Crippen molar-refractivity contribution in [2.24, 2.45) is 10.7 Å². The Bertz CT molecular complexity index is 1440. The minimum atomic E-state index is -2.06. The zero-order valence-electron chi connectivity index (χ0n) is 25.7. The van der Waals surface area contributed by atoms with Crippen molar-refractivity contribution in [3.63, 3.8) is 0 Å². The molecule has 0 spiro atoms. The van der Waals surface area contributed by atoms with Crippen LogP contribution in [0.3, 0.4) is 0 Å². The summed E-state index contributed by atoms with van der Waals surface area (Å²) in [6.07, 6.45) is 7.66. The highest BCUT2D eigenvalue weighted by atomic mass is 16.7. The number of carbonyl (C=O) groups is 3. The van der Waals surface area contributed by atoms with Gasteiger partial charge in [0.05, 0.1) is 6.04 Å². The number of rotatable bonds is 15. The number of Topliss-reactive ketones (excluding diaryl/α,β-unsaturated/α-hetero) is 2. The fraction of sp³-hybridized carbons (Fsp3) is 0.485. The molecule has 11 heteroatoms. The van der Waals surface area contributed by atoms with Crippen LogP contribution in [0.2, 0.25) is 0 Å². The fourth-order valence-corrected chi connectivity index (χ4v) is 5.87. The van der Waals surface area contributed by atoms with E-state index < -0.39 is 34.8 Å². The highest BCUT2D eigenvalue weighted by Crippen LogP contribution is 2.58. The van der Waals surface area contributed by atoms with Crippen LogP contribution in [-0.2, 0) is 14.3 Å². The molecular weight excluding hydrogens is 562 g/mol. The van der Waals surface area contributed by atoms with Gasteiger partial charge in [0.15, 0.2) is 17.3 Å². The molecule has 1 aliphatic heterocycles. The van der Waals surface area contributed by atoms with Crippen LogP contribution < -0.4 is 16.8 Å². The van der Waals surface area contributed by atoms with Crippen LogP contribution in [0, 0.1) is 0 Å². The minimum Gasteiger partial charge on any atom is -0.460 e. The molecule has 6 N–H and O–H groups in total. The number of esters is 1. The minimum absolute atomic E-state index is 0.00741. The topological polar surface area (TPSA) is 183 Å². The number of aliphatic hydroxyl groups is 1. The molecule has 44 heavy (non-hydrogen) atoms. The lowest BCUT2D eigenvalue weighted by molar-refractivity contribution is -0.154. The molecule has 2 aliphatic rings. The summed E-state index contributed by atoms with van der Waals surface area (Å²) >= 11 is 0. The molecule has 4 unspecified atom stereocenters. The molecule has 4 rings (SSSR count). The molecule has 2 aromatic rings. The van der Waals surface area contributed by atoms with Crippen LogP contribution in [0.15, 0.2) is 59.2 Å². The lowest BCUT2D eigenvalue weighted by atomic mass is 9.72. The number of ketones is 2. The lowest BCUT2D eigenvalue weighted by Gasteiger charge is -2.26. The summed E-state index contributed by atoms with van der Waals surface area (Å²) in [7, 11) is 1.58. The van der Waals surface area contributed by atoms with E-state index in [9.17, 15) is 19.5 Å². The first-order valence-corrected chi connectivity index (χ1v) is 15.2. The summed E-state index contributed by atoms with van der Waals surface area (Å²) < 4.78 is 12.0. The molecule has 1 aromatic carbocycles. The normalized spacial score (nSPS) is 22.5. The first-order valence-electron chi connectivity index (χ1n) is 15.2. The Morgan fingerprint density at radius 1 is 1.16 bits per heavy atom. The van der Waals surface area contributed by atoms with Crippen LogP contribution in [-0.4, -0.2) is 64.5 Å². The Labute approximate surface area is 258 Å². The van der Waals surface area contributed by atoms with Crippen molar-refractivity contribution in [2.75, 3.05) is 19.4 Å². The van der Waals surface area contributed by atoms with Crippen LogP contribution >= 0.6 is 0 Å². The molecule has 1 fully saturated rings. The molecule has 0 bridgehead atoms. The molecule has 1 aliphatic carbocycles. The third kappa shape index (κ3) is 6.53. The van der Waals surface area contributed by atoms with E-state index >= 15 is 0 Å². The van der Waals surface area contributed by atoms with Gasteiger partial charge in [-0.2, -0.15) is 0 Å². The van der Waals surface area contributed by atoms with Gasteiger partial charge in [-0.05, 0) is 56.7 Å². The van der Waals surface area contributed by atoms with Crippen molar-refractivity contribution >= 4 is 29.3 Å². The van der Waals surface area contributed by atoms with E-state index in [1.807, 2.05) is 19.1 Å². The Hall–Kier alpha value is -4.09. The fourth-order valence-electron chi connectivity index (χ4n) is 5.87. The summed E-state index contributed by atoms with van der Waals surface area (Å²) in [4.78, 5) is 49.8. The SMILES string of the molecule is CCCCCC(CCCO)OC(=O)C12OC1(CC=C(C)CC(NC(N)=NC)c1ccnc(N)c1)C(=O)c1ccccc1C2=O. The van der Waals surface area contributed by atoms with E-state index in [0.29, 0.717) is 31.5 Å². The van der Waals surface area contributed by atoms with E-state index in [0.717, 1.165) is 30.4 Å². The quantitative estimate of drug-likeness (QED) is 0.0443. The van der Waals surface area contributed by atoms with E-state index in [-0.39, 0.29) is 36.2 Å². The van der Waals surface area contributed by atoms with Crippen molar-refractivity contribution in [3.8, 4) is 0 Å². The van der Waals surface area contributed by atoms with Gasteiger partial charge in [-0.3, -0.25) is 14.6 Å². The van der Waals surface area contributed by atoms with Gasteiger partial charge in [-0.1, -0.05) is 55.7 Å². The van der Waals surface area contributed by atoms with Gasteiger partial charge in [-0.25, -0.2) is 9.78 Å². The van der Waals surface area contributed by atoms with Gasteiger partial charge in [0.2, 0.25) is 5.78 Å². The number of anilines is 1. The first-order chi connectivity index (χ1) is 21.1. The zero-order chi connectivity index (χ0) is 31.9. The average molecular weight is 606 g/mol. The molecule has 11 nitrogen and oxygen atoms in total. The number of nitrogen functional groups attached to an aromatic ring is 1. The van der Waals surface area contributed by atoms with E-state index in [1.165, 1.54) is 6.07 Å². The number of hydrogen-bond acceptors (Lipinski definition) is 9. The molecule has 0 radical (unpaired) electrons. The largest absolute Gasteiger partial charge is 0.460 e. The summed E-state index contributed by atoms with van der Waals surface area (Å²) in [6.45, 7) is 3.93. The molecule has 4 atom stereocenters. The number of unbranched alkanes of at least 4 members (excludes halogenated alkanes) is 2. The first kappa shape index (κ1) is 32.8. The van der Waals surface area contributed by atoms with Gasteiger partial charge < -0.3 is 31.4 Å². The van der Waals surface area contributed by atoms with E-state index in [2.05, 4.69) is 22.2 Å². The summed E-state index contributed by atoms with van der Waals surface area (Å²) in [5.41, 5.74) is 10.2. The molecule has 0 amide bonds. The number of aromatic nitrogens is 1. The van der Waals surface area contributed by atoms with Gasteiger partial charge in [-0.15, -0.1) is 0 Å². The lowest BCUT2D eigenvalue weighted by Crippen LogP contribution is -2.51. The average Bonchev–Trinajstić information content (AvgIpc) is 3.73. The number of fused-ring (bicyclic) bond motifs is 2. The Balaban J connectivity index is 1.63. The van der Waals surface area contributed by atoms with Crippen molar-refractivity contribution < 1.29 is 29.0 Å². The van der Waals surface area contributed by atoms with Gasteiger partial charge >= 0.3 is 5.97 Å². The third-order valence-electron chi connectivity index (χ3n) is 8.37. The van der Waals surface area contributed by atoms with Crippen LogP contribution in [0.4, 0.5) is 5.82 Å². The number of aliphatic imine (C=N–C) groups is 1. The van der Waals surface area contributed by atoms with Crippen molar-refractivity contribution in [2.45, 2.75) is 88.6 Å². The second-order valence-electron chi connectivity index (χ2n) is 11.5. The van der Waals surface area contributed by atoms with E-state index in [4.69, 9.17) is 20.9 Å². The molecule has 1 aromatic heterocycles. The molecule has 2 heterocycles. The second-order valence-corrected chi connectivity index (χ2v) is 11.5. The predicted molar refractivity (Wildman–Crippen MR) is 167 cm³/mol. The van der Waals surface area contributed by atoms with Crippen LogP contribution in [0.25, 0.3) is 0 Å². The Kier molecular flexibility index (Phi) is 10.5. The number of epoxide rings is 1. The molecular formula is C33H43N5O6. The maximum Gasteiger partial charge on any atom is 0.350 e. The van der Waals surface area contributed by atoms with Crippen molar-refractivity contribution in [3.05, 3.63) is 70.9 Å². The third-order valence-corrected chi connectivity index (χ3v) is 8.37. The van der Waals surface area contributed by atoms with Gasteiger partial charge in [0.1, 0.15) is 11.9 Å². The summed E-state index contributed by atoms with van der Waals surface area (Å²) in [5, 5.41) is 12.6. The smallest absolute Gasteiger partial charge is 0.350 e. The highest BCUT2D eigenvalue weighted by Gasteiger charge is 2.85. The highest BCUT2D eigenvalue weighted by molar-refractivity contribution is 6.32. The Morgan fingerprint density at radius 3 is 2.52 bits per heavy atom. The maximum absolute atomic E-state index is 14.0. The van der Waals surface area contributed by atoms with Gasteiger partial charge in [0, 0.05) is 37.4 Å². The Morgan fingerprint density at radius 2 is 1.86 bits per heavy atom. The van der Waals surface area contributed by atoms with E-state index in [1.54, 1.807) is 37.5 Å². The molecule has 1 saturated heterocycles. The number of nitrogens with one attached hydrogen (secondary N) is 1. The number of pyridine rings is 1. The zero-order valence-corrected chi connectivity index (χ0v) is 25.7. The number of hydrogen-bond donors (Lipinski definition) is 4. The van der Waals surface area contributed by atoms with Crippen molar-refractivity contribution in [1.82, 2.24) is 10.3 Å². The summed E-state index contributed by atoms with van der Waals surface area (Å²) in [6, 6.07) is 9.71. The monoisotopic (exact) mass is 605 g/mol. The number of guanidine groups is 1.